The zero-order valence-electron chi connectivity index (χ0n) is 19.3. The third kappa shape index (κ3) is 5.71. The van der Waals surface area contributed by atoms with E-state index in [2.05, 4.69) is 21.2 Å². The standard InChI is InChI=1S/C27H24BrFN2O4/c1-3-34-24-14-19(12-21(28)25(24)35-16-20-6-4-5-7-22(20)29)13-23-26(32)31(27(33)30-23)15-18-10-8-17(2)9-11-18/h4-14H,3,15-16H2,1-2H3,(H,30,33)/b23-13+. The summed E-state index contributed by atoms with van der Waals surface area (Å²) in [7, 11) is 0. The number of imide groups is 1. The minimum Gasteiger partial charge on any atom is -0.490 e. The molecule has 3 aromatic rings. The first-order valence-corrected chi connectivity index (χ1v) is 11.9. The molecule has 1 heterocycles. The minimum absolute atomic E-state index is 0.0221. The van der Waals surface area contributed by atoms with Crippen molar-refractivity contribution in [2.75, 3.05) is 6.61 Å². The second kappa shape index (κ2) is 10.7. The van der Waals surface area contributed by atoms with Gasteiger partial charge in [-0.15, -0.1) is 0 Å². The van der Waals surface area contributed by atoms with Gasteiger partial charge >= 0.3 is 6.03 Å². The van der Waals surface area contributed by atoms with Gasteiger partial charge in [-0.1, -0.05) is 48.0 Å². The van der Waals surface area contributed by atoms with Crippen LogP contribution in [0.5, 0.6) is 11.5 Å². The number of hydrogen-bond donors (Lipinski definition) is 1. The molecule has 0 saturated carbocycles. The van der Waals surface area contributed by atoms with Crippen LogP contribution in [0.4, 0.5) is 9.18 Å². The van der Waals surface area contributed by atoms with Crippen molar-refractivity contribution in [2.24, 2.45) is 0 Å². The molecule has 0 radical (unpaired) electrons. The van der Waals surface area contributed by atoms with Gasteiger partial charge in [0.1, 0.15) is 18.1 Å². The van der Waals surface area contributed by atoms with E-state index in [9.17, 15) is 14.0 Å². The van der Waals surface area contributed by atoms with Crippen molar-refractivity contribution in [3.8, 4) is 11.5 Å². The summed E-state index contributed by atoms with van der Waals surface area (Å²) in [4.78, 5) is 26.5. The highest BCUT2D eigenvalue weighted by atomic mass is 79.9. The van der Waals surface area contributed by atoms with Gasteiger partial charge in [-0.2, -0.15) is 0 Å². The Morgan fingerprint density at radius 1 is 1.06 bits per heavy atom. The van der Waals surface area contributed by atoms with Gasteiger partial charge in [0.2, 0.25) is 0 Å². The summed E-state index contributed by atoms with van der Waals surface area (Å²) in [5.74, 6) is 0.0801. The maximum atomic E-state index is 14.0. The fraction of sp³-hybridized carbons (Fsp3) is 0.185. The Morgan fingerprint density at radius 3 is 2.51 bits per heavy atom. The summed E-state index contributed by atoms with van der Waals surface area (Å²) in [6.07, 6.45) is 1.59. The van der Waals surface area contributed by atoms with Gasteiger partial charge < -0.3 is 14.8 Å². The van der Waals surface area contributed by atoms with E-state index in [-0.39, 0.29) is 24.7 Å². The molecule has 4 rings (SSSR count). The number of carbonyl (C=O) groups is 2. The van der Waals surface area contributed by atoms with Crippen molar-refractivity contribution < 1.29 is 23.5 Å². The highest BCUT2D eigenvalue weighted by Crippen LogP contribution is 2.38. The Hall–Kier alpha value is -3.65. The van der Waals surface area contributed by atoms with Crippen LogP contribution < -0.4 is 14.8 Å². The van der Waals surface area contributed by atoms with E-state index in [1.54, 1.807) is 36.4 Å². The first kappa shape index (κ1) is 24.5. The Labute approximate surface area is 211 Å². The molecule has 0 unspecified atom stereocenters. The number of aryl methyl sites for hydroxylation is 1. The molecule has 0 aromatic heterocycles. The number of urea groups is 1. The van der Waals surface area contributed by atoms with Crippen LogP contribution in [0.15, 0.2) is 70.8 Å². The van der Waals surface area contributed by atoms with Gasteiger partial charge in [-0.05, 0) is 65.2 Å². The number of benzene rings is 3. The maximum Gasteiger partial charge on any atom is 0.329 e. The van der Waals surface area contributed by atoms with Crippen molar-refractivity contribution in [1.82, 2.24) is 10.2 Å². The van der Waals surface area contributed by atoms with E-state index in [0.717, 1.165) is 11.1 Å². The highest BCUT2D eigenvalue weighted by Gasteiger charge is 2.33. The van der Waals surface area contributed by atoms with Crippen LogP contribution in [0.2, 0.25) is 0 Å². The lowest BCUT2D eigenvalue weighted by Gasteiger charge is -2.15. The molecule has 35 heavy (non-hydrogen) atoms. The molecular formula is C27H24BrFN2O4. The predicted molar refractivity (Wildman–Crippen MR) is 134 cm³/mol. The van der Waals surface area contributed by atoms with Crippen molar-refractivity contribution in [3.63, 3.8) is 0 Å². The SMILES string of the molecule is CCOc1cc(/C=C2/NC(=O)N(Cc3ccc(C)cc3)C2=O)cc(Br)c1OCc1ccccc1F. The number of rotatable bonds is 8. The number of amides is 3. The van der Waals surface area contributed by atoms with Crippen LogP contribution in [-0.2, 0) is 17.9 Å². The van der Waals surface area contributed by atoms with E-state index in [1.807, 2.05) is 38.1 Å². The monoisotopic (exact) mass is 538 g/mol. The van der Waals surface area contributed by atoms with Crippen LogP contribution in [0.25, 0.3) is 6.08 Å². The van der Waals surface area contributed by atoms with Gasteiger partial charge in [0.05, 0.1) is 17.6 Å². The van der Waals surface area contributed by atoms with Crippen molar-refractivity contribution in [2.45, 2.75) is 27.0 Å². The molecule has 1 saturated heterocycles. The number of ether oxygens (including phenoxy) is 2. The molecule has 3 amide bonds. The number of halogens is 2. The van der Waals surface area contributed by atoms with Crippen LogP contribution in [0.1, 0.15) is 29.2 Å². The molecule has 1 fully saturated rings. The molecule has 1 N–H and O–H groups in total. The lowest BCUT2D eigenvalue weighted by atomic mass is 10.1. The molecular weight excluding hydrogens is 515 g/mol. The van der Waals surface area contributed by atoms with E-state index in [1.165, 1.54) is 11.0 Å². The first-order valence-electron chi connectivity index (χ1n) is 11.1. The van der Waals surface area contributed by atoms with Gasteiger partial charge in [0.15, 0.2) is 11.5 Å². The zero-order chi connectivity index (χ0) is 24.9. The fourth-order valence-corrected chi connectivity index (χ4v) is 4.17. The quantitative estimate of drug-likeness (QED) is 0.283. The van der Waals surface area contributed by atoms with Crippen molar-refractivity contribution in [1.29, 1.82) is 0 Å². The molecule has 0 spiro atoms. The molecule has 3 aromatic carbocycles. The summed E-state index contributed by atoms with van der Waals surface area (Å²) in [5, 5.41) is 2.64. The van der Waals surface area contributed by atoms with Gasteiger partial charge in [0.25, 0.3) is 5.91 Å². The largest absolute Gasteiger partial charge is 0.490 e. The van der Waals surface area contributed by atoms with E-state index in [4.69, 9.17) is 9.47 Å². The molecule has 0 bridgehead atoms. The first-order chi connectivity index (χ1) is 16.9. The summed E-state index contributed by atoms with van der Waals surface area (Å²) in [6, 6.07) is 17.0. The van der Waals surface area contributed by atoms with E-state index in [0.29, 0.717) is 33.7 Å². The summed E-state index contributed by atoms with van der Waals surface area (Å²) in [5.41, 5.74) is 3.17. The second-order valence-electron chi connectivity index (χ2n) is 8.01. The van der Waals surface area contributed by atoms with Gasteiger partial charge in [0, 0.05) is 5.56 Å². The molecule has 1 aliphatic rings. The lowest BCUT2D eigenvalue weighted by Crippen LogP contribution is -2.30. The van der Waals surface area contributed by atoms with E-state index >= 15 is 0 Å². The number of hydrogen-bond acceptors (Lipinski definition) is 4. The Morgan fingerprint density at radius 2 is 1.80 bits per heavy atom. The van der Waals surface area contributed by atoms with E-state index < -0.39 is 11.9 Å². The van der Waals surface area contributed by atoms with Crippen LogP contribution in [-0.4, -0.2) is 23.4 Å². The van der Waals surface area contributed by atoms with Gasteiger partial charge in [-0.3, -0.25) is 9.69 Å². The average Bonchev–Trinajstić information content (AvgIpc) is 3.08. The molecule has 1 aliphatic heterocycles. The zero-order valence-corrected chi connectivity index (χ0v) is 20.9. The molecule has 0 aliphatic carbocycles. The summed E-state index contributed by atoms with van der Waals surface area (Å²) < 4.78 is 26.2. The summed E-state index contributed by atoms with van der Waals surface area (Å²) in [6.45, 7) is 4.39. The van der Waals surface area contributed by atoms with Crippen molar-refractivity contribution >= 4 is 33.9 Å². The second-order valence-corrected chi connectivity index (χ2v) is 8.86. The van der Waals surface area contributed by atoms with Crippen molar-refractivity contribution in [3.05, 3.63) is 98.9 Å². The Balaban J connectivity index is 1.55. The fourth-order valence-electron chi connectivity index (χ4n) is 3.60. The van der Waals surface area contributed by atoms with Crippen LogP contribution >= 0.6 is 15.9 Å². The molecule has 0 atom stereocenters. The van der Waals surface area contributed by atoms with Gasteiger partial charge in [-0.25, -0.2) is 9.18 Å². The predicted octanol–water partition coefficient (Wildman–Crippen LogP) is 5.97. The molecule has 6 nitrogen and oxygen atoms in total. The third-order valence-corrected chi connectivity index (χ3v) is 5.99. The maximum absolute atomic E-state index is 14.0. The van der Waals surface area contributed by atoms with Crippen LogP contribution in [0, 0.1) is 12.7 Å². The smallest absolute Gasteiger partial charge is 0.329 e. The number of carbonyl (C=O) groups excluding carboxylic acids is 2. The topological polar surface area (TPSA) is 67.9 Å². The molecule has 8 heteroatoms. The Kier molecular flexibility index (Phi) is 7.51. The minimum atomic E-state index is -0.476. The highest BCUT2D eigenvalue weighted by molar-refractivity contribution is 9.10. The average molecular weight is 539 g/mol. The third-order valence-electron chi connectivity index (χ3n) is 5.40. The molecule has 180 valence electrons. The normalized spacial score (nSPS) is 14.4. The van der Waals surface area contributed by atoms with Crippen LogP contribution in [0.3, 0.4) is 0 Å². The summed E-state index contributed by atoms with van der Waals surface area (Å²) >= 11 is 3.49. The number of nitrogens with zero attached hydrogens (tertiary/aromatic N) is 1. The number of nitrogens with one attached hydrogen (secondary N) is 1. The Bertz CT molecular complexity index is 1290. The lowest BCUT2D eigenvalue weighted by molar-refractivity contribution is -0.123.